The molecule has 1 aromatic rings. The van der Waals surface area contributed by atoms with Crippen LogP contribution in [-0.4, -0.2) is 42.6 Å². The van der Waals surface area contributed by atoms with Crippen LogP contribution >= 0.6 is 0 Å². The zero-order valence-corrected chi connectivity index (χ0v) is 16.3. The smallest absolute Gasteiger partial charge is 0.255 e. The molecule has 1 amide bonds. The minimum atomic E-state index is -0.207. The first kappa shape index (κ1) is 17.8. The number of carbonyl (C=O) groups excluding carboxylic acids is 1. The highest BCUT2D eigenvalue weighted by molar-refractivity contribution is 6.02. The molecule has 2 fully saturated rings. The number of benzene rings is 1. The van der Waals surface area contributed by atoms with E-state index in [2.05, 4.69) is 35.2 Å². The van der Waals surface area contributed by atoms with E-state index in [4.69, 9.17) is 0 Å². The fourth-order valence-corrected chi connectivity index (χ4v) is 5.48. The molecule has 2 aliphatic heterocycles. The third-order valence-electron chi connectivity index (χ3n) is 7.15. The molecule has 1 saturated carbocycles. The highest BCUT2D eigenvalue weighted by Gasteiger charge is 2.45. The van der Waals surface area contributed by atoms with Crippen molar-refractivity contribution >= 4 is 11.6 Å². The molecule has 3 aliphatic rings. The summed E-state index contributed by atoms with van der Waals surface area (Å²) in [4.78, 5) is 17.7. The Morgan fingerprint density at radius 1 is 1.12 bits per heavy atom. The summed E-state index contributed by atoms with van der Waals surface area (Å²) >= 11 is 0. The van der Waals surface area contributed by atoms with E-state index in [9.17, 15) is 4.79 Å². The van der Waals surface area contributed by atoms with E-state index in [0.29, 0.717) is 0 Å². The van der Waals surface area contributed by atoms with Crippen LogP contribution in [0.2, 0.25) is 0 Å². The van der Waals surface area contributed by atoms with Crippen molar-refractivity contribution in [1.82, 2.24) is 10.2 Å². The van der Waals surface area contributed by atoms with E-state index in [-0.39, 0.29) is 11.6 Å². The first-order valence-corrected chi connectivity index (χ1v) is 10.5. The summed E-state index contributed by atoms with van der Waals surface area (Å²) in [5.41, 5.74) is 1.67. The molecule has 142 valence electrons. The summed E-state index contributed by atoms with van der Waals surface area (Å²) in [6, 6.07) is 8.75. The molecule has 0 unspecified atom stereocenters. The van der Waals surface area contributed by atoms with Gasteiger partial charge < -0.3 is 15.1 Å². The van der Waals surface area contributed by atoms with Gasteiger partial charge in [-0.05, 0) is 43.7 Å². The van der Waals surface area contributed by atoms with Crippen molar-refractivity contribution < 1.29 is 4.79 Å². The Bertz CT molecular complexity index is 643. The number of anilines is 1. The molecule has 0 bridgehead atoms. The number of nitrogens with zero attached hydrogens (tertiary/aromatic N) is 2. The Balaban J connectivity index is 1.40. The lowest BCUT2D eigenvalue weighted by Gasteiger charge is -2.52. The average molecular weight is 356 g/mol. The van der Waals surface area contributed by atoms with Crippen LogP contribution in [0, 0.1) is 5.92 Å². The Morgan fingerprint density at radius 3 is 2.50 bits per heavy atom. The predicted octanol–water partition coefficient (Wildman–Crippen LogP) is 4.02. The van der Waals surface area contributed by atoms with E-state index in [1.807, 2.05) is 18.2 Å². The van der Waals surface area contributed by atoms with E-state index < -0.39 is 0 Å². The van der Waals surface area contributed by atoms with E-state index in [1.165, 1.54) is 38.5 Å². The van der Waals surface area contributed by atoms with Crippen LogP contribution < -0.4 is 10.2 Å². The number of nitrogens with one attached hydrogen (secondary N) is 1. The second-order valence-electron chi connectivity index (χ2n) is 8.56. The lowest BCUT2D eigenvalue weighted by atomic mass is 9.81. The zero-order valence-electron chi connectivity index (χ0n) is 16.3. The summed E-state index contributed by atoms with van der Waals surface area (Å²) < 4.78 is 0. The molecule has 4 heteroatoms. The molecule has 1 spiro atoms. The quantitative estimate of drug-likeness (QED) is 0.889. The van der Waals surface area contributed by atoms with Gasteiger partial charge in [-0.1, -0.05) is 31.9 Å². The summed E-state index contributed by atoms with van der Waals surface area (Å²) in [7, 11) is 2.14. The van der Waals surface area contributed by atoms with E-state index in [0.717, 1.165) is 49.1 Å². The number of piperidine rings is 1. The number of hydrogen-bond acceptors (Lipinski definition) is 3. The van der Waals surface area contributed by atoms with Gasteiger partial charge in [0.05, 0.1) is 11.3 Å². The van der Waals surface area contributed by atoms with E-state index in [1.54, 1.807) is 0 Å². The molecule has 4 rings (SSSR count). The fourth-order valence-electron chi connectivity index (χ4n) is 5.48. The minimum Gasteiger partial charge on any atom is -0.351 e. The fraction of sp³-hybridized carbons (Fsp3) is 0.682. The summed E-state index contributed by atoms with van der Waals surface area (Å²) in [5.74, 6) is 1.06. The maximum absolute atomic E-state index is 12.6. The summed E-state index contributed by atoms with van der Waals surface area (Å²) in [5, 5.41) is 3.35. The average Bonchev–Trinajstić information content (AvgIpc) is 2.68. The van der Waals surface area contributed by atoms with Crippen molar-refractivity contribution in [3.05, 3.63) is 29.8 Å². The van der Waals surface area contributed by atoms with Gasteiger partial charge in [-0.2, -0.15) is 0 Å². The molecule has 0 atom stereocenters. The SMILES string of the molecule is CCCC1CCC(N2CCC3(CC2)NC(=O)c2ccccc2N3C)CC1. The molecule has 4 nitrogen and oxygen atoms in total. The molecule has 0 radical (unpaired) electrons. The topological polar surface area (TPSA) is 35.6 Å². The van der Waals surface area contributed by atoms with Crippen LogP contribution in [0.4, 0.5) is 5.69 Å². The number of fused-ring (bicyclic) bond motifs is 1. The second-order valence-corrected chi connectivity index (χ2v) is 8.56. The molecule has 1 N–H and O–H groups in total. The van der Waals surface area contributed by atoms with Gasteiger partial charge >= 0.3 is 0 Å². The van der Waals surface area contributed by atoms with Crippen LogP contribution in [0.15, 0.2) is 24.3 Å². The molecule has 1 saturated heterocycles. The molecule has 26 heavy (non-hydrogen) atoms. The normalized spacial score (nSPS) is 28.7. The number of rotatable bonds is 3. The van der Waals surface area contributed by atoms with Gasteiger partial charge in [0.15, 0.2) is 0 Å². The number of amides is 1. The van der Waals surface area contributed by atoms with Crippen molar-refractivity contribution in [1.29, 1.82) is 0 Å². The first-order valence-electron chi connectivity index (χ1n) is 10.5. The van der Waals surface area contributed by atoms with Gasteiger partial charge in [0, 0.05) is 39.0 Å². The highest BCUT2D eigenvalue weighted by atomic mass is 16.2. The summed E-state index contributed by atoms with van der Waals surface area (Å²) in [6.45, 7) is 4.50. The van der Waals surface area contributed by atoms with Gasteiger partial charge in [-0.15, -0.1) is 0 Å². The molecular weight excluding hydrogens is 322 g/mol. The maximum Gasteiger partial charge on any atom is 0.255 e. The lowest BCUT2D eigenvalue weighted by Crippen LogP contribution is -2.67. The number of likely N-dealkylation sites (tertiary alicyclic amines) is 1. The van der Waals surface area contributed by atoms with Gasteiger partial charge in [0.25, 0.3) is 5.91 Å². The zero-order chi connectivity index (χ0) is 18.1. The Morgan fingerprint density at radius 2 is 1.81 bits per heavy atom. The van der Waals surface area contributed by atoms with Crippen molar-refractivity contribution in [3.8, 4) is 0 Å². The third kappa shape index (κ3) is 3.13. The van der Waals surface area contributed by atoms with Crippen LogP contribution in [0.5, 0.6) is 0 Å². The van der Waals surface area contributed by atoms with Crippen molar-refractivity contribution in [2.45, 2.75) is 70.0 Å². The maximum atomic E-state index is 12.6. The first-order chi connectivity index (χ1) is 12.6. The highest BCUT2D eigenvalue weighted by Crippen LogP contribution is 2.38. The van der Waals surface area contributed by atoms with Crippen LogP contribution in [0.1, 0.15) is 68.6 Å². The second kappa shape index (κ2) is 7.22. The number of hydrogen-bond donors (Lipinski definition) is 1. The van der Waals surface area contributed by atoms with Gasteiger partial charge in [-0.3, -0.25) is 4.79 Å². The Labute approximate surface area is 157 Å². The predicted molar refractivity (Wildman–Crippen MR) is 107 cm³/mol. The monoisotopic (exact) mass is 355 g/mol. The number of carbonyl (C=O) groups is 1. The van der Waals surface area contributed by atoms with Crippen LogP contribution in [0.25, 0.3) is 0 Å². The van der Waals surface area contributed by atoms with Gasteiger partial charge in [0.1, 0.15) is 5.66 Å². The molecule has 0 aromatic heterocycles. The summed E-state index contributed by atoms with van der Waals surface area (Å²) in [6.07, 6.45) is 10.3. The van der Waals surface area contributed by atoms with Crippen molar-refractivity contribution in [2.75, 3.05) is 25.0 Å². The largest absolute Gasteiger partial charge is 0.351 e. The lowest BCUT2D eigenvalue weighted by molar-refractivity contribution is 0.0592. The standard InChI is InChI=1S/C22H33N3O/c1-3-6-17-9-11-18(12-10-17)25-15-13-22(14-16-25)23-21(26)19-7-4-5-8-20(19)24(22)2/h4-5,7-8,17-18H,3,6,9-16H2,1-2H3,(H,23,26). The van der Waals surface area contributed by atoms with Gasteiger partial charge in [-0.25, -0.2) is 0 Å². The van der Waals surface area contributed by atoms with Crippen molar-refractivity contribution in [3.63, 3.8) is 0 Å². The molecule has 1 aromatic carbocycles. The van der Waals surface area contributed by atoms with Gasteiger partial charge in [0.2, 0.25) is 0 Å². The Hall–Kier alpha value is -1.55. The Kier molecular flexibility index (Phi) is 4.96. The third-order valence-corrected chi connectivity index (χ3v) is 7.15. The van der Waals surface area contributed by atoms with Crippen LogP contribution in [-0.2, 0) is 0 Å². The molecule has 1 aliphatic carbocycles. The molecule has 2 heterocycles. The van der Waals surface area contributed by atoms with Crippen LogP contribution in [0.3, 0.4) is 0 Å². The van der Waals surface area contributed by atoms with E-state index >= 15 is 0 Å². The number of para-hydroxylation sites is 1. The molecular formula is C22H33N3O. The van der Waals surface area contributed by atoms with Crippen molar-refractivity contribution in [2.24, 2.45) is 5.92 Å². The minimum absolute atomic E-state index is 0.0900.